The predicted octanol–water partition coefficient (Wildman–Crippen LogP) is 2.64. The van der Waals surface area contributed by atoms with E-state index < -0.39 is 11.5 Å². The Morgan fingerprint density at radius 2 is 1.80 bits per heavy atom. The zero-order chi connectivity index (χ0) is 11.6. The van der Waals surface area contributed by atoms with E-state index in [1.807, 2.05) is 45.9 Å². The SMILES string of the molecule is Cc1ccccc1C(O)C(=O)C(C)(C)C. The largest absolute Gasteiger partial charge is 0.381 e. The molecule has 0 spiro atoms. The summed E-state index contributed by atoms with van der Waals surface area (Å²) in [6, 6.07) is 7.42. The standard InChI is InChI=1S/C13H18O2/c1-9-7-5-6-8-10(9)11(14)12(15)13(2,3)4/h5-8,11,14H,1-4H3. The maximum Gasteiger partial charge on any atom is 0.171 e. The van der Waals surface area contributed by atoms with E-state index in [0.717, 1.165) is 5.56 Å². The summed E-state index contributed by atoms with van der Waals surface area (Å²) in [5, 5.41) is 9.96. The number of hydrogen-bond donors (Lipinski definition) is 1. The van der Waals surface area contributed by atoms with Crippen molar-refractivity contribution < 1.29 is 9.90 Å². The number of aliphatic hydroxyl groups excluding tert-OH is 1. The topological polar surface area (TPSA) is 37.3 Å². The first-order valence-corrected chi connectivity index (χ1v) is 5.12. The number of carbonyl (C=O) groups excluding carboxylic acids is 1. The zero-order valence-corrected chi connectivity index (χ0v) is 9.74. The van der Waals surface area contributed by atoms with Gasteiger partial charge in [0.05, 0.1) is 0 Å². The summed E-state index contributed by atoms with van der Waals surface area (Å²) < 4.78 is 0. The molecule has 1 aromatic carbocycles. The summed E-state index contributed by atoms with van der Waals surface area (Å²) in [5.74, 6) is -0.142. The number of hydrogen-bond acceptors (Lipinski definition) is 2. The Balaban J connectivity index is 3.01. The Hall–Kier alpha value is -1.15. The van der Waals surface area contributed by atoms with E-state index in [-0.39, 0.29) is 5.78 Å². The van der Waals surface area contributed by atoms with Gasteiger partial charge in [0.15, 0.2) is 5.78 Å². The highest BCUT2D eigenvalue weighted by atomic mass is 16.3. The highest BCUT2D eigenvalue weighted by Crippen LogP contribution is 2.26. The second-order valence-electron chi connectivity index (χ2n) is 4.87. The monoisotopic (exact) mass is 206 g/mol. The minimum Gasteiger partial charge on any atom is -0.381 e. The van der Waals surface area contributed by atoms with Crippen LogP contribution in [0.15, 0.2) is 24.3 Å². The van der Waals surface area contributed by atoms with Gasteiger partial charge in [-0.3, -0.25) is 4.79 Å². The number of carbonyl (C=O) groups is 1. The van der Waals surface area contributed by atoms with Crippen molar-refractivity contribution >= 4 is 5.78 Å². The molecule has 0 saturated heterocycles. The van der Waals surface area contributed by atoms with Crippen LogP contribution in [0.25, 0.3) is 0 Å². The van der Waals surface area contributed by atoms with Gasteiger partial charge in [0.1, 0.15) is 6.10 Å². The lowest BCUT2D eigenvalue weighted by molar-refractivity contribution is -0.135. The summed E-state index contributed by atoms with van der Waals surface area (Å²) in [7, 11) is 0. The van der Waals surface area contributed by atoms with Crippen molar-refractivity contribution in [3.05, 3.63) is 35.4 Å². The molecule has 0 radical (unpaired) electrons. The molecule has 1 N–H and O–H groups in total. The summed E-state index contributed by atoms with van der Waals surface area (Å²) in [6.45, 7) is 7.35. The second-order valence-corrected chi connectivity index (χ2v) is 4.87. The van der Waals surface area contributed by atoms with Crippen molar-refractivity contribution in [2.24, 2.45) is 5.41 Å². The van der Waals surface area contributed by atoms with Crippen LogP contribution in [-0.4, -0.2) is 10.9 Å². The number of Topliss-reactive ketones (excluding diaryl/α,β-unsaturated/α-hetero) is 1. The molecule has 0 aliphatic heterocycles. The fourth-order valence-electron chi connectivity index (χ4n) is 1.44. The molecule has 0 aliphatic rings. The van der Waals surface area contributed by atoms with E-state index in [1.165, 1.54) is 0 Å². The maximum atomic E-state index is 11.9. The number of benzene rings is 1. The fraction of sp³-hybridized carbons (Fsp3) is 0.462. The van der Waals surface area contributed by atoms with Crippen LogP contribution in [0.1, 0.15) is 38.0 Å². The predicted molar refractivity (Wildman–Crippen MR) is 60.6 cm³/mol. The minimum absolute atomic E-state index is 0.142. The average molecular weight is 206 g/mol. The number of aryl methyl sites for hydroxylation is 1. The van der Waals surface area contributed by atoms with Crippen molar-refractivity contribution in [1.82, 2.24) is 0 Å². The van der Waals surface area contributed by atoms with Gasteiger partial charge < -0.3 is 5.11 Å². The Bertz CT molecular complexity index is 361. The van der Waals surface area contributed by atoms with Gasteiger partial charge in [0, 0.05) is 5.41 Å². The van der Waals surface area contributed by atoms with Crippen LogP contribution in [0.3, 0.4) is 0 Å². The molecule has 0 fully saturated rings. The van der Waals surface area contributed by atoms with E-state index >= 15 is 0 Å². The molecule has 0 heterocycles. The van der Waals surface area contributed by atoms with Crippen LogP contribution in [0.2, 0.25) is 0 Å². The Morgan fingerprint density at radius 1 is 1.27 bits per heavy atom. The first-order chi connectivity index (χ1) is 6.84. The van der Waals surface area contributed by atoms with E-state index in [9.17, 15) is 9.90 Å². The third-order valence-corrected chi connectivity index (χ3v) is 2.47. The molecule has 0 aromatic heterocycles. The van der Waals surface area contributed by atoms with Crippen LogP contribution in [0, 0.1) is 12.3 Å². The molecule has 1 atom stereocenters. The third kappa shape index (κ3) is 2.66. The van der Waals surface area contributed by atoms with Crippen LogP contribution in [0.5, 0.6) is 0 Å². The number of rotatable bonds is 2. The van der Waals surface area contributed by atoms with Gasteiger partial charge in [-0.1, -0.05) is 45.0 Å². The smallest absolute Gasteiger partial charge is 0.171 e. The van der Waals surface area contributed by atoms with Crippen molar-refractivity contribution in [3.8, 4) is 0 Å². The maximum absolute atomic E-state index is 11.9. The van der Waals surface area contributed by atoms with Gasteiger partial charge in [-0.15, -0.1) is 0 Å². The Labute approximate surface area is 90.9 Å². The lowest BCUT2D eigenvalue weighted by Gasteiger charge is -2.22. The fourth-order valence-corrected chi connectivity index (χ4v) is 1.44. The highest BCUT2D eigenvalue weighted by molar-refractivity contribution is 5.88. The molecule has 82 valence electrons. The van der Waals surface area contributed by atoms with Gasteiger partial charge >= 0.3 is 0 Å². The molecule has 1 rings (SSSR count). The normalized spacial score (nSPS) is 13.7. The lowest BCUT2D eigenvalue weighted by atomic mass is 9.84. The van der Waals surface area contributed by atoms with E-state index in [1.54, 1.807) is 6.07 Å². The summed E-state index contributed by atoms with van der Waals surface area (Å²) in [5.41, 5.74) is 1.14. The van der Waals surface area contributed by atoms with E-state index in [2.05, 4.69) is 0 Å². The Kier molecular flexibility index (Phi) is 3.30. The summed E-state index contributed by atoms with van der Waals surface area (Å²) >= 11 is 0. The molecular formula is C13H18O2. The summed E-state index contributed by atoms with van der Waals surface area (Å²) in [4.78, 5) is 11.9. The quantitative estimate of drug-likeness (QED) is 0.807. The lowest BCUT2D eigenvalue weighted by Crippen LogP contribution is -2.27. The highest BCUT2D eigenvalue weighted by Gasteiger charge is 2.29. The third-order valence-electron chi connectivity index (χ3n) is 2.47. The summed E-state index contributed by atoms with van der Waals surface area (Å²) in [6.07, 6.45) is -1.01. The molecule has 2 heteroatoms. The number of aliphatic hydroxyl groups is 1. The van der Waals surface area contributed by atoms with Gasteiger partial charge in [-0.2, -0.15) is 0 Å². The molecule has 1 unspecified atom stereocenters. The molecule has 0 amide bonds. The first-order valence-electron chi connectivity index (χ1n) is 5.12. The van der Waals surface area contributed by atoms with Gasteiger partial charge in [0.2, 0.25) is 0 Å². The van der Waals surface area contributed by atoms with Gasteiger partial charge in [0.25, 0.3) is 0 Å². The molecule has 0 saturated carbocycles. The minimum atomic E-state index is -1.01. The van der Waals surface area contributed by atoms with Gasteiger partial charge in [-0.05, 0) is 18.1 Å². The Morgan fingerprint density at radius 3 is 2.27 bits per heavy atom. The average Bonchev–Trinajstić information content (AvgIpc) is 2.15. The van der Waals surface area contributed by atoms with Crippen molar-refractivity contribution in [2.45, 2.75) is 33.8 Å². The number of ketones is 1. The van der Waals surface area contributed by atoms with E-state index in [0.29, 0.717) is 5.56 Å². The molecule has 1 aromatic rings. The van der Waals surface area contributed by atoms with E-state index in [4.69, 9.17) is 0 Å². The molecular weight excluding hydrogens is 188 g/mol. The van der Waals surface area contributed by atoms with Crippen LogP contribution in [-0.2, 0) is 4.79 Å². The molecule has 0 aliphatic carbocycles. The van der Waals surface area contributed by atoms with Crippen molar-refractivity contribution in [2.75, 3.05) is 0 Å². The van der Waals surface area contributed by atoms with Crippen LogP contribution >= 0.6 is 0 Å². The van der Waals surface area contributed by atoms with Crippen LogP contribution < -0.4 is 0 Å². The van der Waals surface area contributed by atoms with Crippen molar-refractivity contribution in [1.29, 1.82) is 0 Å². The van der Waals surface area contributed by atoms with Crippen LogP contribution in [0.4, 0.5) is 0 Å². The molecule has 2 nitrogen and oxygen atoms in total. The molecule has 15 heavy (non-hydrogen) atoms. The molecule has 0 bridgehead atoms. The second kappa shape index (κ2) is 4.15. The zero-order valence-electron chi connectivity index (χ0n) is 9.74. The van der Waals surface area contributed by atoms with Gasteiger partial charge in [-0.25, -0.2) is 0 Å². The van der Waals surface area contributed by atoms with Crippen molar-refractivity contribution in [3.63, 3.8) is 0 Å². The first kappa shape index (κ1) is 11.9.